The van der Waals surface area contributed by atoms with Gasteiger partial charge >= 0.3 is 0 Å². The second kappa shape index (κ2) is 5.82. The van der Waals surface area contributed by atoms with Gasteiger partial charge in [-0.25, -0.2) is 0 Å². The lowest BCUT2D eigenvalue weighted by Crippen LogP contribution is -2.25. The predicted molar refractivity (Wildman–Crippen MR) is 62.6 cm³/mol. The fraction of sp³-hybridized carbons (Fsp3) is 0.308. The van der Waals surface area contributed by atoms with Crippen molar-refractivity contribution in [2.45, 2.75) is 19.4 Å². The van der Waals surface area contributed by atoms with E-state index in [1.807, 2.05) is 0 Å². The standard InChI is InChI=1S/C13H15NO2/c1-3-4-5-13(16)14(2)10-11-6-8-12(15)9-7-11/h1,6-9,15H,4-5,10H2,2H3. The molecule has 0 aromatic heterocycles. The SMILES string of the molecule is C#CCCC(=O)N(C)Cc1ccc(O)cc1. The summed E-state index contributed by atoms with van der Waals surface area (Å²) in [6, 6.07) is 6.80. The quantitative estimate of drug-likeness (QED) is 0.781. The number of terminal acetylenes is 1. The van der Waals surface area contributed by atoms with Gasteiger partial charge < -0.3 is 10.0 Å². The van der Waals surface area contributed by atoms with Gasteiger partial charge in [-0.2, -0.15) is 0 Å². The van der Waals surface area contributed by atoms with Crippen LogP contribution in [0.4, 0.5) is 0 Å². The minimum Gasteiger partial charge on any atom is -0.508 e. The van der Waals surface area contributed by atoms with Crippen LogP contribution < -0.4 is 0 Å². The molecular formula is C13H15NO2. The van der Waals surface area contributed by atoms with E-state index >= 15 is 0 Å². The predicted octanol–water partition coefficient (Wildman–Crippen LogP) is 1.76. The number of hydrogen-bond acceptors (Lipinski definition) is 2. The normalized spacial score (nSPS) is 9.50. The van der Waals surface area contributed by atoms with Gasteiger partial charge in [-0.1, -0.05) is 12.1 Å². The number of carbonyl (C=O) groups excluding carboxylic acids is 1. The monoisotopic (exact) mass is 217 g/mol. The van der Waals surface area contributed by atoms with Crippen LogP contribution in [0.3, 0.4) is 0 Å². The van der Waals surface area contributed by atoms with Crippen molar-refractivity contribution in [2.24, 2.45) is 0 Å². The van der Waals surface area contributed by atoms with Crippen molar-refractivity contribution in [3.05, 3.63) is 29.8 Å². The molecule has 0 aliphatic carbocycles. The lowest BCUT2D eigenvalue weighted by Gasteiger charge is -2.16. The molecule has 1 N–H and O–H groups in total. The summed E-state index contributed by atoms with van der Waals surface area (Å²) in [5.74, 6) is 2.70. The summed E-state index contributed by atoms with van der Waals surface area (Å²) in [6.07, 6.45) is 5.95. The van der Waals surface area contributed by atoms with E-state index in [1.54, 1.807) is 36.2 Å². The molecule has 0 fully saturated rings. The number of aromatic hydroxyl groups is 1. The molecule has 0 aliphatic rings. The van der Waals surface area contributed by atoms with Crippen molar-refractivity contribution in [1.82, 2.24) is 4.90 Å². The Morgan fingerprint density at radius 1 is 1.44 bits per heavy atom. The Kier molecular flexibility index (Phi) is 4.41. The molecule has 1 rings (SSSR count). The van der Waals surface area contributed by atoms with Crippen LogP contribution in [0.2, 0.25) is 0 Å². The summed E-state index contributed by atoms with van der Waals surface area (Å²) < 4.78 is 0. The Labute approximate surface area is 95.7 Å². The van der Waals surface area contributed by atoms with Crippen LogP contribution in [-0.2, 0) is 11.3 Å². The fourth-order valence-electron chi connectivity index (χ4n) is 1.33. The molecular weight excluding hydrogens is 202 g/mol. The smallest absolute Gasteiger partial charge is 0.223 e. The second-order valence-electron chi connectivity index (χ2n) is 3.62. The molecule has 0 heterocycles. The Morgan fingerprint density at radius 3 is 2.62 bits per heavy atom. The van der Waals surface area contributed by atoms with Crippen LogP contribution in [0.15, 0.2) is 24.3 Å². The maximum Gasteiger partial charge on any atom is 0.223 e. The highest BCUT2D eigenvalue weighted by molar-refractivity contribution is 5.76. The zero-order chi connectivity index (χ0) is 12.0. The molecule has 0 saturated heterocycles. The number of amides is 1. The molecule has 0 saturated carbocycles. The van der Waals surface area contributed by atoms with Crippen LogP contribution in [-0.4, -0.2) is 23.0 Å². The van der Waals surface area contributed by atoms with Crippen LogP contribution in [0, 0.1) is 12.3 Å². The van der Waals surface area contributed by atoms with Gasteiger partial charge in [0.25, 0.3) is 0 Å². The molecule has 0 atom stereocenters. The third-order valence-electron chi connectivity index (χ3n) is 2.27. The van der Waals surface area contributed by atoms with E-state index in [0.29, 0.717) is 19.4 Å². The second-order valence-corrected chi connectivity index (χ2v) is 3.62. The largest absolute Gasteiger partial charge is 0.508 e. The van der Waals surface area contributed by atoms with Gasteiger partial charge in [0, 0.05) is 26.4 Å². The molecule has 0 aliphatic heterocycles. The topological polar surface area (TPSA) is 40.5 Å². The van der Waals surface area contributed by atoms with Gasteiger partial charge in [0.2, 0.25) is 5.91 Å². The first-order chi connectivity index (χ1) is 7.63. The van der Waals surface area contributed by atoms with Crippen molar-refractivity contribution in [2.75, 3.05) is 7.05 Å². The molecule has 0 bridgehead atoms. The van der Waals surface area contributed by atoms with E-state index in [4.69, 9.17) is 11.5 Å². The molecule has 0 spiro atoms. The number of carbonyl (C=O) groups is 1. The van der Waals surface area contributed by atoms with Crippen molar-refractivity contribution < 1.29 is 9.90 Å². The molecule has 16 heavy (non-hydrogen) atoms. The molecule has 1 aromatic carbocycles. The zero-order valence-corrected chi connectivity index (χ0v) is 9.31. The summed E-state index contributed by atoms with van der Waals surface area (Å²) in [7, 11) is 1.74. The molecule has 0 unspecified atom stereocenters. The van der Waals surface area contributed by atoms with E-state index < -0.39 is 0 Å². The molecule has 1 aromatic rings. The van der Waals surface area contributed by atoms with Gasteiger partial charge in [-0.05, 0) is 17.7 Å². The zero-order valence-electron chi connectivity index (χ0n) is 9.31. The third kappa shape index (κ3) is 3.66. The fourth-order valence-corrected chi connectivity index (χ4v) is 1.33. The summed E-state index contributed by atoms with van der Waals surface area (Å²) in [5, 5.41) is 9.11. The van der Waals surface area contributed by atoms with Crippen LogP contribution in [0.25, 0.3) is 0 Å². The van der Waals surface area contributed by atoms with Gasteiger partial charge in [-0.3, -0.25) is 4.79 Å². The first-order valence-electron chi connectivity index (χ1n) is 5.09. The van der Waals surface area contributed by atoms with Gasteiger partial charge in [-0.15, -0.1) is 12.3 Å². The minimum atomic E-state index is 0.0334. The number of rotatable bonds is 4. The maximum atomic E-state index is 11.6. The summed E-state index contributed by atoms with van der Waals surface area (Å²) in [4.78, 5) is 13.2. The average molecular weight is 217 g/mol. The highest BCUT2D eigenvalue weighted by atomic mass is 16.3. The summed E-state index contributed by atoms with van der Waals surface area (Å²) >= 11 is 0. The maximum absolute atomic E-state index is 11.6. The van der Waals surface area contributed by atoms with Crippen LogP contribution >= 0.6 is 0 Å². The minimum absolute atomic E-state index is 0.0334. The van der Waals surface area contributed by atoms with E-state index in [1.165, 1.54) is 0 Å². The highest BCUT2D eigenvalue weighted by Gasteiger charge is 2.07. The summed E-state index contributed by atoms with van der Waals surface area (Å²) in [6.45, 7) is 0.531. The van der Waals surface area contributed by atoms with Crippen LogP contribution in [0.1, 0.15) is 18.4 Å². The molecule has 3 nitrogen and oxygen atoms in total. The summed E-state index contributed by atoms with van der Waals surface area (Å²) in [5.41, 5.74) is 0.981. The Bertz CT molecular complexity index is 389. The third-order valence-corrected chi connectivity index (χ3v) is 2.27. The average Bonchev–Trinajstić information content (AvgIpc) is 2.29. The van der Waals surface area contributed by atoms with E-state index in [0.717, 1.165) is 5.56 Å². The Morgan fingerprint density at radius 2 is 2.06 bits per heavy atom. The molecule has 0 radical (unpaired) electrons. The van der Waals surface area contributed by atoms with Crippen molar-refractivity contribution >= 4 is 5.91 Å². The number of phenols is 1. The first kappa shape index (κ1) is 12.1. The number of hydrogen-bond donors (Lipinski definition) is 1. The van der Waals surface area contributed by atoms with Gasteiger partial charge in [0.15, 0.2) is 0 Å². The van der Waals surface area contributed by atoms with Crippen molar-refractivity contribution in [1.29, 1.82) is 0 Å². The lowest BCUT2D eigenvalue weighted by molar-refractivity contribution is -0.130. The van der Waals surface area contributed by atoms with E-state index in [9.17, 15) is 4.79 Å². The van der Waals surface area contributed by atoms with Gasteiger partial charge in [0.05, 0.1) is 0 Å². The Hall–Kier alpha value is -1.95. The van der Waals surface area contributed by atoms with Crippen LogP contribution in [0.5, 0.6) is 5.75 Å². The molecule has 84 valence electrons. The Balaban J connectivity index is 2.51. The highest BCUT2D eigenvalue weighted by Crippen LogP contribution is 2.11. The van der Waals surface area contributed by atoms with E-state index in [2.05, 4.69) is 5.92 Å². The first-order valence-corrected chi connectivity index (χ1v) is 5.09. The molecule has 1 amide bonds. The van der Waals surface area contributed by atoms with Gasteiger partial charge in [0.1, 0.15) is 5.75 Å². The lowest BCUT2D eigenvalue weighted by atomic mass is 10.2. The number of phenolic OH excluding ortho intramolecular Hbond substituents is 1. The number of benzene rings is 1. The van der Waals surface area contributed by atoms with E-state index in [-0.39, 0.29) is 11.7 Å². The molecule has 3 heteroatoms. The number of nitrogens with zero attached hydrogens (tertiary/aromatic N) is 1. The van der Waals surface area contributed by atoms with Crippen molar-refractivity contribution in [3.8, 4) is 18.1 Å². The van der Waals surface area contributed by atoms with Crippen molar-refractivity contribution in [3.63, 3.8) is 0 Å².